The minimum absolute atomic E-state index is 0.222. The maximum absolute atomic E-state index is 12.8. The van der Waals surface area contributed by atoms with Crippen LogP contribution < -0.4 is 0 Å². The molecule has 1 aliphatic carbocycles. The molecule has 2 aromatic carbocycles. The molecule has 0 aromatic heterocycles. The maximum Gasteiger partial charge on any atom is 0.234 e. The van der Waals surface area contributed by atoms with Crippen LogP contribution >= 0.6 is 11.8 Å². The van der Waals surface area contributed by atoms with E-state index in [-0.39, 0.29) is 5.25 Å². The number of rotatable bonds is 2. The highest BCUT2D eigenvalue weighted by Crippen LogP contribution is 2.50. The van der Waals surface area contributed by atoms with Crippen molar-refractivity contribution in [3.63, 3.8) is 0 Å². The van der Waals surface area contributed by atoms with Crippen LogP contribution in [0.4, 0.5) is 0 Å². The van der Waals surface area contributed by atoms with Gasteiger partial charge in [-0.05, 0) is 26.0 Å². The summed E-state index contributed by atoms with van der Waals surface area (Å²) in [5, 5.41) is -0.222. The first-order chi connectivity index (χ1) is 11.5. The number of hydrogen-bond acceptors (Lipinski definition) is 4. The molecule has 0 fully saturated rings. The van der Waals surface area contributed by atoms with Crippen molar-refractivity contribution >= 4 is 29.1 Å². The lowest BCUT2D eigenvalue weighted by atomic mass is 9.86. The second kappa shape index (κ2) is 5.35. The number of Topliss-reactive ketones (excluding diaryl/α,β-unsaturated/α-hetero) is 2. The quantitative estimate of drug-likeness (QED) is 0.773. The van der Waals surface area contributed by atoms with Crippen molar-refractivity contribution in [2.45, 2.75) is 29.6 Å². The van der Waals surface area contributed by atoms with Crippen molar-refractivity contribution in [3.05, 3.63) is 71.3 Å². The van der Waals surface area contributed by atoms with Crippen molar-refractivity contribution in [2.24, 2.45) is 0 Å². The molecular formula is C20H16O3S. The van der Waals surface area contributed by atoms with E-state index < -0.39 is 17.2 Å². The summed E-state index contributed by atoms with van der Waals surface area (Å²) >= 11 is 1.57. The zero-order valence-electron chi connectivity index (χ0n) is 13.4. The van der Waals surface area contributed by atoms with Crippen molar-refractivity contribution < 1.29 is 14.3 Å². The molecule has 0 N–H and O–H groups in total. The summed E-state index contributed by atoms with van der Waals surface area (Å²) in [6.07, 6.45) is 0. The average molecular weight is 336 g/mol. The van der Waals surface area contributed by atoms with Gasteiger partial charge in [-0.3, -0.25) is 9.59 Å². The molecule has 0 amide bonds. The van der Waals surface area contributed by atoms with Gasteiger partial charge in [0.2, 0.25) is 11.6 Å². The maximum atomic E-state index is 12.8. The zero-order chi connectivity index (χ0) is 16.9. The topological polar surface area (TPSA) is 43.4 Å². The molecule has 0 saturated heterocycles. The second-order valence-corrected chi connectivity index (χ2v) is 7.64. The van der Waals surface area contributed by atoms with E-state index >= 15 is 0 Å². The molecule has 0 radical (unpaired) electrons. The number of benzene rings is 2. The van der Waals surface area contributed by atoms with E-state index in [1.807, 2.05) is 56.3 Å². The Kier molecular flexibility index (Phi) is 3.39. The van der Waals surface area contributed by atoms with E-state index in [1.54, 1.807) is 23.9 Å². The Bertz CT molecular complexity index is 881. The third-order valence-electron chi connectivity index (χ3n) is 4.37. The van der Waals surface area contributed by atoms with Crippen LogP contribution in [-0.4, -0.2) is 22.4 Å². The summed E-state index contributed by atoms with van der Waals surface area (Å²) in [7, 11) is 0. The number of hydrogen-bond donors (Lipinski definition) is 0. The van der Waals surface area contributed by atoms with Gasteiger partial charge in [0.1, 0.15) is 11.4 Å². The van der Waals surface area contributed by atoms with Gasteiger partial charge in [-0.2, -0.15) is 0 Å². The predicted octanol–water partition coefficient (Wildman–Crippen LogP) is 4.13. The lowest BCUT2D eigenvalue weighted by Gasteiger charge is -2.27. The summed E-state index contributed by atoms with van der Waals surface area (Å²) in [4.78, 5) is 26.3. The van der Waals surface area contributed by atoms with Crippen LogP contribution in [0.15, 0.2) is 65.1 Å². The molecule has 1 aliphatic heterocycles. The fourth-order valence-electron chi connectivity index (χ4n) is 3.22. The number of fused-ring (bicyclic) bond motifs is 2. The van der Waals surface area contributed by atoms with Gasteiger partial charge < -0.3 is 4.74 Å². The SMILES string of the molecule is CC1(C)OC2=C(C(=O)C(=O)c3ccccc32)C1Sc1ccccc1. The van der Waals surface area contributed by atoms with Crippen molar-refractivity contribution in [1.82, 2.24) is 0 Å². The molecule has 4 rings (SSSR count). The molecule has 2 aliphatic rings. The number of thioether (sulfide) groups is 1. The Hall–Kier alpha value is -2.33. The van der Waals surface area contributed by atoms with Crippen LogP contribution in [-0.2, 0) is 9.53 Å². The first-order valence-electron chi connectivity index (χ1n) is 7.82. The fraction of sp³-hybridized carbons (Fsp3) is 0.200. The van der Waals surface area contributed by atoms with Crippen LogP contribution in [0, 0.1) is 0 Å². The summed E-state index contributed by atoms with van der Waals surface area (Å²) in [6.45, 7) is 3.93. The number of carbonyl (C=O) groups is 2. The predicted molar refractivity (Wildman–Crippen MR) is 94.0 cm³/mol. The fourth-order valence-corrected chi connectivity index (χ4v) is 4.47. The van der Waals surface area contributed by atoms with Crippen molar-refractivity contribution in [1.29, 1.82) is 0 Å². The highest BCUT2D eigenvalue weighted by atomic mass is 32.2. The minimum atomic E-state index is -0.571. The molecule has 2 aromatic rings. The van der Waals surface area contributed by atoms with Gasteiger partial charge in [0, 0.05) is 16.0 Å². The largest absolute Gasteiger partial charge is 0.485 e. The Morgan fingerprint density at radius 3 is 2.21 bits per heavy atom. The molecule has 0 saturated carbocycles. The van der Waals surface area contributed by atoms with E-state index in [2.05, 4.69) is 0 Å². The van der Waals surface area contributed by atoms with Crippen LogP contribution in [0.25, 0.3) is 5.76 Å². The Balaban J connectivity index is 1.85. The van der Waals surface area contributed by atoms with Crippen LogP contribution in [0.2, 0.25) is 0 Å². The van der Waals surface area contributed by atoms with E-state index in [4.69, 9.17) is 4.74 Å². The van der Waals surface area contributed by atoms with E-state index in [0.717, 1.165) is 10.5 Å². The molecule has 0 bridgehead atoms. The molecular weight excluding hydrogens is 320 g/mol. The van der Waals surface area contributed by atoms with E-state index in [0.29, 0.717) is 16.9 Å². The summed E-state index contributed by atoms with van der Waals surface area (Å²) in [5.74, 6) is -0.319. The first kappa shape index (κ1) is 15.2. The van der Waals surface area contributed by atoms with Crippen molar-refractivity contribution in [3.8, 4) is 0 Å². The Labute approximate surface area is 144 Å². The summed E-state index contributed by atoms with van der Waals surface area (Å²) < 4.78 is 6.17. The Morgan fingerprint density at radius 2 is 1.50 bits per heavy atom. The second-order valence-electron chi connectivity index (χ2n) is 6.46. The van der Waals surface area contributed by atoms with Gasteiger partial charge in [-0.1, -0.05) is 42.5 Å². The van der Waals surface area contributed by atoms with Gasteiger partial charge in [0.05, 0.1) is 10.8 Å². The highest BCUT2D eigenvalue weighted by Gasteiger charge is 2.50. The minimum Gasteiger partial charge on any atom is -0.485 e. The smallest absolute Gasteiger partial charge is 0.234 e. The lowest BCUT2D eigenvalue weighted by molar-refractivity contribution is -0.112. The van der Waals surface area contributed by atoms with Crippen molar-refractivity contribution in [2.75, 3.05) is 0 Å². The standard InChI is InChI=1S/C20H16O3S/c1-20(2)19(24-12-8-4-3-5-9-12)15-17(22)16(21)13-10-6-7-11-14(13)18(15)23-20/h3-11,19H,1-2H3. The number of carbonyl (C=O) groups excluding carboxylic acids is 2. The van der Waals surface area contributed by atoms with Gasteiger partial charge in [0.25, 0.3) is 0 Å². The molecule has 0 spiro atoms. The first-order valence-corrected chi connectivity index (χ1v) is 8.70. The third-order valence-corrected chi connectivity index (χ3v) is 5.95. The van der Waals surface area contributed by atoms with Gasteiger partial charge in [-0.25, -0.2) is 0 Å². The summed E-state index contributed by atoms with van der Waals surface area (Å²) in [5.41, 5.74) is 1.08. The monoisotopic (exact) mass is 336 g/mol. The van der Waals surface area contributed by atoms with E-state index in [1.165, 1.54) is 0 Å². The zero-order valence-corrected chi connectivity index (χ0v) is 14.2. The molecule has 1 heterocycles. The molecule has 24 heavy (non-hydrogen) atoms. The van der Waals surface area contributed by atoms with Crippen LogP contribution in [0.3, 0.4) is 0 Å². The lowest BCUT2D eigenvalue weighted by Crippen LogP contribution is -2.35. The van der Waals surface area contributed by atoms with Gasteiger partial charge in [0.15, 0.2) is 0 Å². The number of ketones is 2. The molecule has 3 nitrogen and oxygen atoms in total. The number of ether oxygens (including phenoxy) is 1. The molecule has 1 unspecified atom stereocenters. The molecule has 120 valence electrons. The molecule has 4 heteroatoms. The molecule has 1 atom stereocenters. The van der Waals surface area contributed by atoms with E-state index in [9.17, 15) is 9.59 Å². The summed E-state index contributed by atoms with van der Waals surface area (Å²) in [6, 6.07) is 17.1. The third kappa shape index (κ3) is 2.21. The average Bonchev–Trinajstić information content (AvgIpc) is 2.85. The van der Waals surface area contributed by atoms with Gasteiger partial charge >= 0.3 is 0 Å². The van der Waals surface area contributed by atoms with Crippen LogP contribution in [0.1, 0.15) is 29.8 Å². The van der Waals surface area contributed by atoms with Gasteiger partial charge in [-0.15, -0.1) is 11.8 Å². The normalized spacial score (nSPS) is 21.3. The van der Waals surface area contributed by atoms with Crippen LogP contribution in [0.5, 0.6) is 0 Å². The Morgan fingerprint density at radius 1 is 0.875 bits per heavy atom. The highest BCUT2D eigenvalue weighted by molar-refractivity contribution is 8.00.